The first-order valence-electron chi connectivity index (χ1n) is 11.1. The Morgan fingerprint density at radius 1 is 1.06 bits per heavy atom. The predicted molar refractivity (Wildman–Crippen MR) is 138 cm³/mol. The number of aromatic nitrogens is 3. The number of nitrogens with one attached hydrogen (secondary N) is 2. The van der Waals surface area contributed by atoms with Crippen LogP contribution in [0.15, 0.2) is 91.5 Å². The lowest BCUT2D eigenvalue weighted by molar-refractivity contribution is -0.119. The fourth-order valence-corrected chi connectivity index (χ4v) is 4.68. The number of anilines is 2. The molecule has 0 bridgehead atoms. The second-order valence-electron chi connectivity index (χ2n) is 8.04. The van der Waals surface area contributed by atoms with Crippen LogP contribution >= 0.6 is 12.2 Å². The molecular weight excluding hydrogens is 460 g/mol. The van der Waals surface area contributed by atoms with Crippen molar-refractivity contribution in [2.45, 2.75) is 12.1 Å². The molecule has 4 heterocycles. The van der Waals surface area contributed by atoms with E-state index in [-0.39, 0.29) is 24.6 Å². The lowest BCUT2D eigenvalue weighted by atomic mass is 10.0. The molecule has 4 aromatic rings. The molecule has 0 spiro atoms. The second-order valence-corrected chi connectivity index (χ2v) is 8.43. The number of amides is 1. The number of carbonyl (C=O) groups is 1. The quantitative estimate of drug-likeness (QED) is 0.383. The predicted octanol–water partition coefficient (Wildman–Crippen LogP) is 4.03. The van der Waals surface area contributed by atoms with Crippen LogP contribution < -0.4 is 15.5 Å². The van der Waals surface area contributed by atoms with Gasteiger partial charge in [0.1, 0.15) is 12.6 Å². The van der Waals surface area contributed by atoms with Crippen molar-refractivity contribution in [3.8, 4) is 5.69 Å². The summed E-state index contributed by atoms with van der Waals surface area (Å²) in [5, 5.41) is 6.90. The highest BCUT2D eigenvalue weighted by Crippen LogP contribution is 2.42. The number of hydrogen-bond acceptors (Lipinski definition) is 5. The van der Waals surface area contributed by atoms with Crippen molar-refractivity contribution < 1.29 is 9.53 Å². The van der Waals surface area contributed by atoms with Crippen LogP contribution in [-0.4, -0.2) is 39.3 Å². The van der Waals surface area contributed by atoms with E-state index in [1.165, 1.54) is 7.11 Å². The topological polar surface area (TPSA) is 84.3 Å². The maximum absolute atomic E-state index is 11.9. The zero-order chi connectivity index (χ0) is 24.2. The number of carbonyl (C=O) groups excluding carboxylic acids is 1. The van der Waals surface area contributed by atoms with Crippen LogP contribution in [0.4, 0.5) is 11.4 Å². The van der Waals surface area contributed by atoms with Crippen molar-refractivity contribution in [3.63, 3.8) is 0 Å². The van der Waals surface area contributed by atoms with Gasteiger partial charge in [-0.25, -0.2) is 0 Å². The molecule has 0 radical (unpaired) electrons. The molecule has 5 rings (SSSR count). The van der Waals surface area contributed by atoms with Gasteiger partial charge in [0.05, 0.1) is 23.6 Å². The standard InChI is InChI=1S/C26H24N6O2S/c1-34-17-23(33)29-18-9-11-19(12-10-18)32-25(24(30-26(32)35)21-7-2-3-14-28-21)22-8-5-15-31(22)20-6-4-13-27-16-20/h2-16,24-25H,17H2,1H3,(H,29,33)(H,30,35). The molecule has 35 heavy (non-hydrogen) atoms. The van der Waals surface area contributed by atoms with E-state index in [1.807, 2.05) is 73.1 Å². The summed E-state index contributed by atoms with van der Waals surface area (Å²) >= 11 is 5.83. The number of pyridine rings is 2. The van der Waals surface area contributed by atoms with E-state index >= 15 is 0 Å². The number of hydrogen-bond donors (Lipinski definition) is 2. The van der Waals surface area contributed by atoms with Crippen molar-refractivity contribution in [2.24, 2.45) is 0 Å². The van der Waals surface area contributed by atoms with Crippen LogP contribution in [0, 0.1) is 0 Å². The van der Waals surface area contributed by atoms with Gasteiger partial charge in [-0.3, -0.25) is 14.8 Å². The third kappa shape index (κ3) is 4.64. The molecule has 3 aromatic heterocycles. The van der Waals surface area contributed by atoms with Crippen LogP contribution in [0.1, 0.15) is 23.5 Å². The molecule has 176 valence electrons. The van der Waals surface area contributed by atoms with E-state index in [2.05, 4.69) is 36.1 Å². The Morgan fingerprint density at radius 3 is 2.63 bits per heavy atom. The summed E-state index contributed by atoms with van der Waals surface area (Å²) in [6, 6.07) is 21.2. The van der Waals surface area contributed by atoms with Crippen molar-refractivity contribution in [1.82, 2.24) is 19.9 Å². The van der Waals surface area contributed by atoms with E-state index in [0.29, 0.717) is 10.8 Å². The number of rotatable bonds is 7. The summed E-state index contributed by atoms with van der Waals surface area (Å²) < 4.78 is 7.01. The Labute approximate surface area is 208 Å². The van der Waals surface area contributed by atoms with Gasteiger partial charge in [-0.05, 0) is 72.9 Å². The molecule has 0 saturated carbocycles. The molecule has 1 aromatic carbocycles. The van der Waals surface area contributed by atoms with Crippen LogP contribution in [0.5, 0.6) is 0 Å². The molecule has 9 heteroatoms. The van der Waals surface area contributed by atoms with Crippen molar-refractivity contribution in [1.29, 1.82) is 0 Å². The summed E-state index contributed by atoms with van der Waals surface area (Å²) in [4.78, 5) is 22.9. The molecule has 2 N–H and O–H groups in total. The summed E-state index contributed by atoms with van der Waals surface area (Å²) in [5.41, 5.74) is 4.48. The largest absolute Gasteiger partial charge is 0.375 e. The maximum Gasteiger partial charge on any atom is 0.250 e. The molecule has 2 unspecified atom stereocenters. The average Bonchev–Trinajstić information content (AvgIpc) is 3.50. The molecular formula is C26H24N6O2S. The monoisotopic (exact) mass is 484 g/mol. The minimum atomic E-state index is -0.207. The van der Waals surface area contributed by atoms with E-state index in [4.69, 9.17) is 17.0 Å². The van der Waals surface area contributed by atoms with Gasteiger partial charge in [-0.1, -0.05) is 6.07 Å². The Bertz CT molecular complexity index is 1310. The van der Waals surface area contributed by atoms with Gasteiger partial charge in [0.2, 0.25) is 5.91 Å². The number of nitrogens with zero attached hydrogens (tertiary/aromatic N) is 4. The Balaban J connectivity index is 1.55. The van der Waals surface area contributed by atoms with E-state index in [9.17, 15) is 4.79 Å². The molecule has 1 aliphatic rings. The van der Waals surface area contributed by atoms with Gasteiger partial charge in [0.15, 0.2) is 5.11 Å². The molecule has 8 nitrogen and oxygen atoms in total. The highest BCUT2D eigenvalue weighted by Gasteiger charge is 2.42. The molecule has 1 fully saturated rings. The Morgan fingerprint density at radius 2 is 1.91 bits per heavy atom. The first-order valence-corrected chi connectivity index (χ1v) is 11.5. The molecule has 1 saturated heterocycles. The number of ether oxygens (including phenoxy) is 1. The van der Waals surface area contributed by atoms with Gasteiger partial charge < -0.3 is 24.8 Å². The number of methoxy groups -OCH3 is 1. The fourth-order valence-electron chi connectivity index (χ4n) is 4.33. The van der Waals surface area contributed by atoms with Gasteiger partial charge in [-0.15, -0.1) is 0 Å². The van der Waals surface area contributed by atoms with Gasteiger partial charge >= 0.3 is 0 Å². The first kappa shape index (κ1) is 22.7. The van der Waals surface area contributed by atoms with Gasteiger partial charge in [0.25, 0.3) is 0 Å². The normalized spacial score (nSPS) is 17.3. The molecule has 0 aliphatic carbocycles. The summed E-state index contributed by atoms with van der Waals surface area (Å²) in [7, 11) is 1.49. The van der Waals surface area contributed by atoms with E-state index in [0.717, 1.165) is 22.8 Å². The highest BCUT2D eigenvalue weighted by atomic mass is 32.1. The van der Waals surface area contributed by atoms with Crippen molar-refractivity contribution >= 4 is 34.6 Å². The third-order valence-electron chi connectivity index (χ3n) is 5.81. The minimum Gasteiger partial charge on any atom is -0.375 e. The zero-order valence-corrected chi connectivity index (χ0v) is 19.9. The molecule has 1 amide bonds. The Hall–Kier alpha value is -4.08. The molecule has 2 atom stereocenters. The number of benzene rings is 1. The van der Waals surface area contributed by atoms with Crippen LogP contribution in [0.2, 0.25) is 0 Å². The fraction of sp³-hybridized carbons (Fsp3) is 0.154. The summed E-state index contributed by atoms with van der Waals surface area (Å²) in [5.74, 6) is -0.207. The van der Waals surface area contributed by atoms with Crippen LogP contribution in [0.25, 0.3) is 5.69 Å². The van der Waals surface area contributed by atoms with Crippen molar-refractivity contribution in [2.75, 3.05) is 23.9 Å². The molecule has 1 aliphatic heterocycles. The van der Waals surface area contributed by atoms with Gasteiger partial charge in [-0.2, -0.15) is 0 Å². The van der Waals surface area contributed by atoms with Gasteiger partial charge in [0, 0.05) is 42.8 Å². The van der Waals surface area contributed by atoms with Crippen LogP contribution in [0.3, 0.4) is 0 Å². The SMILES string of the molecule is COCC(=O)Nc1ccc(N2C(=S)NC(c3ccccn3)C2c2cccn2-c2cccnc2)cc1. The highest BCUT2D eigenvalue weighted by molar-refractivity contribution is 7.80. The van der Waals surface area contributed by atoms with E-state index < -0.39 is 0 Å². The Kier molecular flexibility index (Phi) is 6.51. The van der Waals surface area contributed by atoms with Crippen LogP contribution in [-0.2, 0) is 9.53 Å². The smallest absolute Gasteiger partial charge is 0.250 e. The lowest BCUT2D eigenvalue weighted by Gasteiger charge is -2.29. The van der Waals surface area contributed by atoms with E-state index in [1.54, 1.807) is 12.4 Å². The zero-order valence-electron chi connectivity index (χ0n) is 19.0. The third-order valence-corrected chi connectivity index (χ3v) is 6.12. The first-order chi connectivity index (χ1) is 17.2. The minimum absolute atomic E-state index is 0.00104. The number of thiocarbonyl (C=S) groups is 1. The summed E-state index contributed by atoms with van der Waals surface area (Å²) in [6.45, 7) is 0.00104. The maximum atomic E-state index is 11.9. The van der Waals surface area contributed by atoms with Crippen molar-refractivity contribution in [3.05, 3.63) is 103 Å². The lowest BCUT2D eigenvalue weighted by Crippen LogP contribution is -2.30. The average molecular weight is 485 g/mol. The second kappa shape index (κ2) is 10.0. The summed E-state index contributed by atoms with van der Waals surface area (Å²) in [6.07, 6.45) is 7.41.